The van der Waals surface area contributed by atoms with E-state index in [1.54, 1.807) is 35.8 Å². The lowest BCUT2D eigenvalue weighted by atomic mass is 10.2. The number of rotatable bonds is 8. The number of fused-ring (bicyclic) bond motifs is 2. The molecule has 5 rings (SSSR count). The number of carbonyl (C=O) groups is 2. The van der Waals surface area contributed by atoms with Crippen LogP contribution in [0.15, 0.2) is 70.6 Å². The van der Waals surface area contributed by atoms with Crippen molar-refractivity contribution >= 4 is 49.1 Å². The fourth-order valence-corrected chi connectivity index (χ4v) is 6.08. The molecular weight excluding hydrogens is 558 g/mol. The summed E-state index contributed by atoms with van der Waals surface area (Å²) in [6.45, 7) is 2.61. The fraction of sp³-hybridized carbons (Fsp3) is 0.222. The highest BCUT2D eigenvalue weighted by atomic mass is 32.2. The second-order valence-corrected chi connectivity index (χ2v) is 11.2. The molecule has 0 unspecified atom stereocenters. The van der Waals surface area contributed by atoms with E-state index in [1.165, 1.54) is 54.8 Å². The monoisotopic (exact) mass is 583 g/mol. The van der Waals surface area contributed by atoms with Crippen LogP contribution in [0.25, 0.3) is 10.2 Å². The van der Waals surface area contributed by atoms with Gasteiger partial charge in [0.05, 0.1) is 28.8 Å². The summed E-state index contributed by atoms with van der Waals surface area (Å²) in [6, 6.07) is 15.4. The van der Waals surface area contributed by atoms with Gasteiger partial charge in [0.15, 0.2) is 16.3 Å². The minimum absolute atomic E-state index is 0.0665. The molecule has 4 aromatic rings. The lowest BCUT2D eigenvalue weighted by Gasteiger charge is -2.18. The molecule has 0 radical (unpaired) electrons. The standard InChI is InChI=1S/C27H25N3O8S2/c1-3-36-25(31)16-30-21-14-22-23(38-13-12-37-22)15-24(21)39-27(30)28-26(32)17-4-6-18(7-5-17)29-40(33,34)20-10-8-19(35-2)9-11-20/h4-11,14-15,29H,3,12-13,16H2,1-2H3. The van der Waals surface area contributed by atoms with Crippen molar-refractivity contribution in [3.8, 4) is 17.2 Å². The smallest absolute Gasteiger partial charge is 0.326 e. The summed E-state index contributed by atoms with van der Waals surface area (Å²) in [5, 5.41) is 0. The first-order valence-corrected chi connectivity index (χ1v) is 14.5. The maximum atomic E-state index is 13.1. The SMILES string of the molecule is CCOC(=O)Cn1c(=NC(=O)c2ccc(NS(=O)(=O)c3ccc(OC)cc3)cc2)sc2cc3c(cc21)OCCO3. The number of aromatic nitrogens is 1. The zero-order valence-corrected chi connectivity index (χ0v) is 23.2. The molecule has 1 N–H and O–H groups in total. The number of hydrogen-bond donors (Lipinski definition) is 1. The average Bonchev–Trinajstić information content (AvgIpc) is 3.27. The number of ether oxygens (including phenoxy) is 4. The van der Waals surface area contributed by atoms with Crippen molar-refractivity contribution in [1.29, 1.82) is 0 Å². The van der Waals surface area contributed by atoms with Crippen LogP contribution in [0.3, 0.4) is 0 Å². The molecule has 0 saturated carbocycles. The van der Waals surface area contributed by atoms with Crippen LogP contribution in [0.2, 0.25) is 0 Å². The number of hydrogen-bond acceptors (Lipinski definition) is 9. The zero-order chi connectivity index (χ0) is 28.3. The van der Waals surface area contributed by atoms with Gasteiger partial charge in [0.25, 0.3) is 15.9 Å². The largest absolute Gasteiger partial charge is 0.497 e. The van der Waals surface area contributed by atoms with Crippen LogP contribution in [0.4, 0.5) is 5.69 Å². The van der Waals surface area contributed by atoms with Gasteiger partial charge in [0.1, 0.15) is 25.5 Å². The molecule has 0 atom stereocenters. The van der Waals surface area contributed by atoms with Gasteiger partial charge < -0.3 is 23.5 Å². The summed E-state index contributed by atoms with van der Waals surface area (Å²) in [6.07, 6.45) is 0. The Morgan fingerprint density at radius 2 is 1.70 bits per heavy atom. The van der Waals surface area contributed by atoms with Crippen LogP contribution in [-0.2, 0) is 26.1 Å². The molecule has 13 heteroatoms. The van der Waals surface area contributed by atoms with Crippen molar-refractivity contribution in [3.05, 3.63) is 71.0 Å². The van der Waals surface area contributed by atoms with Gasteiger partial charge in [0.2, 0.25) is 0 Å². The Balaban J connectivity index is 1.43. The molecule has 208 valence electrons. The minimum atomic E-state index is -3.84. The van der Waals surface area contributed by atoms with Gasteiger partial charge in [-0.2, -0.15) is 4.99 Å². The zero-order valence-electron chi connectivity index (χ0n) is 21.6. The maximum Gasteiger partial charge on any atom is 0.326 e. The first-order chi connectivity index (χ1) is 19.3. The topological polar surface area (TPSA) is 135 Å². The molecule has 1 aliphatic rings. The van der Waals surface area contributed by atoms with Gasteiger partial charge in [-0.3, -0.25) is 14.3 Å². The number of esters is 1. The molecule has 0 bridgehead atoms. The average molecular weight is 584 g/mol. The number of nitrogens with one attached hydrogen (secondary N) is 1. The van der Waals surface area contributed by atoms with E-state index in [0.717, 1.165) is 4.70 Å². The van der Waals surface area contributed by atoms with Crippen LogP contribution in [0, 0.1) is 0 Å². The van der Waals surface area contributed by atoms with Crippen molar-refractivity contribution in [2.75, 3.05) is 31.7 Å². The van der Waals surface area contributed by atoms with Crippen LogP contribution < -0.4 is 23.7 Å². The molecule has 1 amide bonds. The van der Waals surface area contributed by atoms with Gasteiger partial charge >= 0.3 is 5.97 Å². The number of amides is 1. The van der Waals surface area contributed by atoms with E-state index >= 15 is 0 Å². The summed E-state index contributed by atoms with van der Waals surface area (Å²) < 4.78 is 51.8. The predicted octanol–water partition coefficient (Wildman–Crippen LogP) is 3.59. The summed E-state index contributed by atoms with van der Waals surface area (Å²) in [7, 11) is -2.35. The third-order valence-corrected chi connectivity index (χ3v) is 8.33. The molecule has 0 saturated heterocycles. The van der Waals surface area contributed by atoms with Crippen molar-refractivity contribution in [3.63, 3.8) is 0 Å². The molecule has 0 fully saturated rings. The number of benzene rings is 3. The van der Waals surface area contributed by atoms with E-state index < -0.39 is 21.9 Å². The second-order valence-electron chi connectivity index (χ2n) is 8.51. The number of thiazole rings is 1. The van der Waals surface area contributed by atoms with Gasteiger partial charge in [-0.25, -0.2) is 8.42 Å². The van der Waals surface area contributed by atoms with Gasteiger partial charge in [-0.1, -0.05) is 11.3 Å². The van der Waals surface area contributed by atoms with Gasteiger partial charge in [-0.05, 0) is 55.5 Å². The molecular formula is C27H25N3O8S2. The van der Waals surface area contributed by atoms with Crippen molar-refractivity contribution in [2.24, 2.45) is 4.99 Å². The van der Waals surface area contributed by atoms with Crippen LogP contribution in [0.1, 0.15) is 17.3 Å². The van der Waals surface area contributed by atoms with Gasteiger partial charge in [0, 0.05) is 23.4 Å². The first kappa shape index (κ1) is 27.2. The maximum absolute atomic E-state index is 13.1. The Morgan fingerprint density at radius 1 is 1.02 bits per heavy atom. The minimum Gasteiger partial charge on any atom is -0.497 e. The summed E-state index contributed by atoms with van der Waals surface area (Å²) in [4.78, 5) is 30.1. The second kappa shape index (κ2) is 11.4. The molecule has 1 aliphatic heterocycles. The van der Waals surface area contributed by atoms with Crippen molar-refractivity contribution in [2.45, 2.75) is 18.4 Å². The van der Waals surface area contributed by atoms with Crippen LogP contribution in [-0.4, -0.2) is 51.8 Å². The molecule has 40 heavy (non-hydrogen) atoms. The van der Waals surface area contributed by atoms with E-state index in [9.17, 15) is 18.0 Å². The molecule has 0 spiro atoms. The van der Waals surface area contributed by atoms with E-state index in [-0.39, 0.29) is 29.3 Å². The van der Waals surface area contributed by atoms with Crippen LogP contribution in [0.5, 0.6) is 17.2 Å². The summed E-state index contributed by atoms with van der Waals surface area (Å²) >= 11 is 1.22. The van der Waals surface area contributed by atoms with Crippen molar-refractivity contribution in [1.82, 2.24) is 4.57 Å². The normalized spacial score (nSPS) is 13.2. The third-order valence-electron chi connectivity index (χ3n) is 5.89. The van der Waals surface area contributed by atoms with Gasteiger partial charge in [-0.15, -0.1) is 0 Å². The highest BCUT2D eigenvalue weighted by Gasteiger charge is 2.19. The summed E-state index contributed by atoms with van der Waals surface area (Å²) in [5.41, 5.74) is 1.16. The van der Waals surface area contributed by atoms with E-state index in [1.807, 2.05) is 0 Å². The third kappa shape index (κ3) is 5.80. The Hall–Kier alpha value is -4.36. The van der Waals surface area contributed by atoms with E-state index in [4.69, 9.17) is 18.9 Å². The predicted molar refractivity (Wildman–Crippen MR) is 148 cm³/mol. The Kier molecular flexibility index (Phi) is 7.76. The lowest BCUT2D eigenvalue weighted by molar-refractivity contribution is -0.143. The first-order valence-electron chi connectivity index (χ1n) is 12.2. The summed E-state index contributed by atoms with van der Waals surface area (Å²) in [5.74, 6) is 0.619. The highest BCUT2D eigenvalue weighted by Crippen LogP contribution is 2.35. The Labute approximate surface area is 233 Å². The number of sulfonamides is 1. The molecule has 0 aliphatic carbocycles. The molecule has 3 aromatic carbocycles. The molecule has 2 heterocycles. The van der Waals surface area contributed by atoms with E-state index in [2.05, 4.69) is 9.71 Å². The van der Waals surface area contributed by atoms with Crippen LogP contribution >= 0.6 is 11.3 Å². The Bertz CT molecular complexity index is 1740. The fourth-order valence-electron chi connectivity index (χ4n) is 3.98. The highest BCUT2D eigenvalue weighted by molar-refractivity contribution is 7.92. The van der Waals surface area contributed by atoms with Crippen molar-refractivity contribution < 1.29 is 37.0 Å². The lowest BCUT2D eigenvalue weighted by Crippen LogP contribution is -2.23. The molecule has 11 nitrogen and oxygen atoms in total. The number of nitrogens with zero attached hydrogens (tertiary/aromatic N) is 2. The quantitative estimate of drug-likeness (QED) is 0.311. The number of carbonyl (C=O) groups excluding carboxylic acids is 2. The number of methoxy groups -OCH3 is 1. The number of anilines is 1. The molecule has 1 aromatic heterocycles. The van der Waals surface area contributed by atoms with E-state index in [0.29, 0.717) is 40.8 Å². The Morgan fingerprint density at radius 3 is 2.35 bits per heavy atom.